The van der Waals surface area contributed by atoms with Crippen molar-refractivity contribution >= 4 is 12.1 Å². The molecule has 1 amide bonds. The molecule has 0 rings (SSSR count). The fraction of sp³-hybridized carbons (Fsp3) is 0.833. The summed E-state index contributed by atoms with van der Waals surface area (Å²) in [4.78, 5) is 23.0. The van der Waals surface area contributed by atoms with E-state index in [1.165, 1.54) is 0 Å². The predicted octanol–water partition coefficient (Wildman–Crippen LogP) is 1.43. The molecule has 0 aliphatic heterocycles. The molecule has 0 saturated heterocycles. The van der Waals surface area contributed by atoms with Crippen LogP contribution in [-0.4, -0.2) is 43.3 Å². The summed E-state index contributed by atoms with van der Waals surface area (Å²) in [7, 11) is 1.05. The van der Waals surface area contributed by atoms with E-state index in [0.717, 1.165) is 7.11 Å². The second-order valence-corrected chi connectivity index (χ2v) is 5.32. The molecule has 0 saturated carbocycles. The molecule has 0 aliphatic rings. The molecule has 1 unspecified atom stereocenters. The van der Waals surface area contributed by atoms with E-state index in [2.05, 4.69) is 10.1 Å². The van der Waals surface area contributed by atoms with Crippen molar-refractivity contribution in [3.05, 3.63) is 0 Å². The summed E-state index contributed by atoms with van der Waals surface area (Å²) in [5, 5.41) is 2.08. The summed E-state index contributed by atoms with van der Waals surface area (Å²) in [6.45, 7) is 4.61. The van der Waals surface area contributed by atoms with E-state index in [0.29, 0.717) is 0 Å². The molecule has 0 radical (unpaired) electrons. The van der Waals surface area contributed by atoms with Crippen molar-refractivity contribution < 1.29 is 27.8 Å². The lowest BCUT2D eigenvalue weighted by Crippen LogP contribution is -2.47. The number of nitrogens with two attached hydrogens (primary N) is 1. The second-order valence-electron chi connectivity index (χ2n) is 5.32. The standard InChI is InChI=1S/C12H22F2N2O4/c1-11(2,3)20-10(18)16-8(9(17)19-4)7-12(13,14)5-6-15/h8H,5-7,15H2,1-4H3,(H,16,18). The Labute approximate surface area is 117 Å². The zero-order valence-electron chi connectivity index (χ0n) is 12.2. The quantitative estimate of drug-likeness (QED) is 0.724. The lowest BCUT2D eigenvalue weighted by atomic mass is 10.1. The molecule has 8 heteroatoms. The number of methoxy groups -OCH3 is 1. The van der Waals surface area contributed by atoms with Gasteiger partial charge < -0.3 is 20.5 Å². The number of rotatable bonds is 6. The molecule has 0 aromatic heterocycles. The Morgan fingerprint density at radius 3 is 2.25 bits per heavy atom. The molecule has 0 aliphatic carbocycles. The molecular weight excluding hydrogens is 274 g/mol. The molecular formula is C12H22F2N2O4. The van der Waals surface area contributed by atoms with E-state index in [4.69, 9.17) is 10.5 Å². The van der Waals surface area contributed by atoms with Gasteiger partial charge in [0.1, 0.15) is 11.6 Å². The van der Waals surface area contributed by atoms with Crippen molar-refractivity contribution in [1.82, 2.24) is 5.32 Å². The van der Waals surface area contributed by atoms with Crippen LogP contribution in [0.1, 0.15) is 33.6 Å². The average Bonchev–Trinajstić information content (AvgIpc) is 2.23. The molecule has 6 nitrogen and oxygen atoms in total. The van der Waals surface area contributed by atoms with Crippen LogP contribution in [0.3, 0.4) is 0 Å². The van der Waals surface area contributed by atoms with Crippen molar-refractivity contribution in [2.45, 2.75) is 51.2 Å². The van der Waals surface area contributed by atoms with Gasteiger partial charge in [-0.15, -0.1) is 0 Å². The average molecular weight is 296 g/mol. The lowest BCUT2D eigenvalue weighted by molar-refractivity contribution is -0.146. The predicted molar refractivity (Wildman–Crippen MR) is 68.4 cm³/mol. The SMILES string of the molecule is COC(=O)C(CC(F)(F)CCN)NC(=O)OC(C)(C)C. The van der Waals surface area contributed by atoms with Gasteiger partial charge in [-0.1, -0.05) is 0 Å². The summed E-state index contributed by atoms with van der Waals surface area (Å²) in [5.74, 6) is -4.14. The number of alkyl halides is 2. The van der Waals surface area contributed by atoms with Crippen molar-refractivity contribution in [2.75, 3.05) is 13.7 Å². The number of hydrogen-bond acceptors (Lipinski definition) is 5. The van der Waals surface area contributed by atoms with Crippen LogP contribution in [0.2, 0.25) is 0 Å². The molecule has 0 fully saturated rings. The molecule has 118 valence electrons. The number of esters is 1. The van der Waals surface area contributed by atoms with Gasteiger partial charge in [0.25, 0.3) is 5.92 Å². The summed E-state index contributed by atoms with van der Waals surface area (Å²) in [5.41, 5.74) is 4.27. The van der Waals surface area contributed by atoms with Crippen LogP contribution in [0.25, 0.3) is 0 Å². The molecule has 3 N–H and O–H groups in total. The highest BCUT2D eigenvalue weighted by Crippen LogP contribution is 2.24. The van der Waals surface area contributed by atoms with Crippen molar-refractivity contribution in [2.24, 2.45) is 5.73 Å². The number of alkyl carbamates (subject to hydrolysis) is 1. The van der Waals surface area contributed by atoms with Gasteiger partial charge in [0.15, 0.2) is 0 Å². The fourth-order valence-electron chi connectivity index (χ4n) is 1.40. The number of carbonyl (C=O) groups is 2. The summed E-state index contributed by atoms with van der Waals surface area (Å²) in [6, 6.07) is -1.49. The van der Waals surface area contributed by atoms with Crippen LogP contribution < -0.4 is 11.1 Å². The molecule has 0 aromatic carbocycles. The third-order valence-corrected chi connectivity index (χ3v) is 2.19. The van der Waals surface area contributed by atoms with Gasteiger partial charge in [-0.25, -0.2) is 18.4 Å². The molecule has 0 heterocycles. The zero-order valence-corrected chi connectivity index (χ0v) is 12.2. The Kier molecular flexibility index (Phi) is 6.84. The Bertz CT molecular complexity index is 343. The number of carbonyl (C=O) groups excluding carboxylic acids is 2. The maximum absolute atomic E-state index is 13.5. The minimum atomic E-state index is -3.18. The van der Waals surface area contributed by atoms with Gasteiger partial charge in [-0.05, 0) is 27.3 Å². The van der Waals surface area contributed by atoms with Crippen LogP contribution in [0.5, 0.6) is 0 Å². The number of amides is 1. The highest BCUT2D eigenvalue weighted by Gasteiger charge is 2.37. The van der Waals surface area contributed by atoms with Gasteiger partial charge in [0.05, 0.1) is 7.11 Å². The first-order valence-electron chi connectivity index (χ1n) is 6.16. The van der Waals surface area contributed by atoms with E-state index < -0.39 is 42.5 Å². The van der Waals surface area contributed by atoms with Gasteiger partial charge in [-0.2, -0.15) is 0 Å². The molecule has 1 atom stereocenters. The van der Waals surface area contributed by atoms with E-state index >= 15 is 0 Å². The number of hydrogen-bond donors (Lipinski definition) is 2. The zero-order chi connectivity index (χ0) is 16.0. The second kappa shape index (κ2) is 7.37. The van der Waals surface area contributed by atoms with Crippen LogP contribution in [0, 0.1) is 0 Å². The van der Waals surface area contributed by atoms with E-state index in [9.17, 15) is 18.4 Å². The van der Waals surface area contributed by atoms with E-state index in [-0.39, 0.29) is 6.54 Å². The first-order chi connectivity index (χ1) is 9.00. The maximum Gasteiger partial charge on any atom is 0.408 e. The molecule has 0 spiro atoms. The number of halogens is 2. The smallest absolute Gasteiger partial charge is 0.408 e. The Hall–Kier alpha value is -1.44. The van der Waals surface area contributed by atoms with Gasteiger partial charge >= 0.3 is 12.1 Å². The van der Waals surface area contributed by atoms with Gasteiger partial charge in [-0.3, -0.25) is 0 Å². The summed E-state index contributed by atoms with van der Waals surface area (Å²) >= 11 is 0. The Morgan fingerprint density at radius 2 is 1.85 bits per heavy atom. The number of nitrogens with one attached hydrogen (secondary N) is 1. The van der Waals surface area contributed by atoms with E-state index in [1.54, 1.807) is 20.8 Å². The Morgan fingerprint density at radius 1 is 1.30 bits per heavy atom. The van der Waals surface area contributed by atoms with Crippen LogP contribution in [-0.2, 0) is 14.3 Å². The summed E-state index contributed by atoms with van der Waals surface area (Å²) in [6.07, 6.45) is -2.44. The molecule has 20 heavy (non-hydrogen) atoms. The van der Waals surface area contributed by atoms with E-state index in [1.807, 2.05) is 0 Å². The highest BCUT2D eigenvalue weighted by molar-refractivity contribution is 5.81. The maximum atomic E-state index is 13.5. The highest BCUT2D eigenvalue weighted by atomic mass is 19.3. The van der Waals surface area contributed by atoms with Gasteiger partial charge in [0.2, 0.25) is 0 Å². The third kappa shape index (κ3) is 7.88. The molecule has 0 bridgehead atoms. The fourth-order valence-corrected chi connectivity index (χ4v) is 1.40. The largest absolute Gasteiger partial charge is 0.467 e. The third-order valence-electron chi connectivity index (χ3n) is 2.19. The van der Waals surface area contributed by atoms with Crippen LogP contribution in [0.4, 0.5) is 13.6 Å². The van der Waals surface area contributed by atoms with Gasteiger partial charge in [0, 0.05) is 12.8 Å². The van der Waals surface area contributed by atoms with Crippen molar-refractivity contribution in [3.63, 3.8) is 0 Å². The topological polar surface area (TPSA) is 90.6 Å². The number of ether oxygens (including phenoxy) is 2. The monoisotopic (exact) mass is 296 g/mol. The minimum absolute atomic E-state index is 0.229. The van der Waals surface area contributed by atoms with Crippen molar-refractivity contribution in [1.29, 1.82) is 0 Å². The minimum Gasteiger partial charge on any atom is -0.467 e. The van der Waals surface area contributed by atoms with Crippen LogP contribution >= 0.6 is 0 Å². The van der Waals surface area contributed by atoms with Crippen molar-refractivity contribution in [3.8, 4) is 0 Å². The lowest BCUT2D eigenvalue weighted by Gasteiger charge is -2.25. The molecule has 0 aromatic rings. The Balaban J connectivity index is 4.74. The van der Waals surface area contributed by atoms with Crippen LogP contribution in [0.15, 0.2) is 0 Å². The first-order valence-corrected chi connectivity index (χ1v) is 6.16. The first kappa shape index (κ1) is 18.6. The summed E-state index contributed by atoms with van der Waals surface area (Å²) < 4.78 is 36.3. The normalized spacial score (nSPS) is 13.6.